The maximum atomic E-state index is 12.9. The number of likely N-dealkylation sites (N-methyl/N-ethyl adjacent to an activating group) is 1. The van der Waals surface area contributed by atoms with Crippen molar-refractivity contribution >= 4 is 49.9 Å². The van der Waals surface area contributed by atoms with Crippen LogP contribution in [0.1, 0.15) is 16.9 Å². The van der Waals surface area contributed by atoms with Gasteiger partial charge in [-0.3, -0.25) is 9.89 Å². The molecule has 0 saturated heterocycles. The number of nitrogens with one attached hydrogen (secondary N) is 2. The molecular formula is C23H26N6O3S. The summed E-state index contributed by atoms with van der Waals surface area (Å²) in [7, 11) is 5.14. The Kier molecular flexibility index (Phi) is 5.86. The van der Waals surface area contributed by atoms with Gasteiger partial charge in [-0.25, -0.2) is 9.97 Å². The van der Waals surface area contributed by atoms with Crippen molar-refractivity contribution in [2.75, 3.05) is 39.7 Å². The van der Waals surface area contributed by atoms with Crippen LogP contribution < -0.4 is 10.1 Å². The van der Waals surface area contributed by atoms with E-state index in [0.29, 0.717) is 18.9 Å². The molecule has 2 N–H and O–H groups in total. The molecule has 1 aromatic carbocycles. The van der Waals surface area contributed by atoms with Crippen LogP contribution in [-0.4, -0.2) is 65.4 Å². The third kappa shape index (κ3) is 4.00. The predicted molar refractivity (Wildman–Crippen MR) is 128 cm³/mol. The Morgan fingerprint density at radius 1 is 1.33 bits per heavy atom. The summed E-state index contributed by atoms with van der Waals surface area (Å²) in [5.41, 5.74) is 2.96. The van der Waals surface area contributed by atoms with Crippen LogP contribution >= 0.6 is 11.3 Å². The lowest BCUT2D eigenvalue weighted by Crippen LogP contribution is -2.37. The molecule has 4 aromatic rings. The van der Waals surface area contributed by atoms with Crippen molar-refractivity contribution in [3.63, 3.8) is 0 Å². The lowest BCUT2D eigenvalue weighted by atomic mass is 9.87. The number of hydrogen-bond acceptors (Lipinski definition) is 8. The Hall–Kier alpha value is -3.24. The minimum Gasteiger partial charge on any atom is -0.494 e. The van der Waals surface area contributed by atoms with Gasteiger partial charge in [0.2, 0.25) is 5.91 Å². The quantitative estimate of drug-likeness (QED) is 0.429. The molecule has 0 aliphatic heterocycles. The highest BCUT2D eigenvalue weighted by atomic mass is 32.1. The van der Waals surface area contributed by atoms with E-state index in [-0.39, 0.29) is 11.8 Å². The number of carbonyl (C=O) groups excluding carboxylic acids is 1. The van der Waals surface area contributed by atoms with Gasteiger partial charge in [0.1, 0.15) is 22.7 Å². The van der Waals surface area contributed by atoms with E-state index in [1.54, 1.807) is 43.0 Å². The van der Waals surface area contributed by atoms with Crippen LogP contribution in [0.5, 0.6) is 5.75 Å². The highest BCUT2D eigenvalue weighted by molar-refractivity contribution is 7.19. The first-order valence-corrected chi connectivity index (χ1v) is 11.7. The van der Waals surface area contributed by atoms with Gasteiger partial charge in [-0.1, -0.05) is 0 Å². The number of aryl methyl sites for hydroxylation is 1. The van der Waals surface area contributed by atoms with Crippen molar-refractivity contribution in [2.45, 2.75) is 19.3 Å². The van der Waals surface area contributed by atoms with Gasteiger partial charge in [-0.2, -0.15) is 5.10 Å². The highest BCUT2D eigenvalue weighted by Crippen LogP contribution is 2.41. The fraction of sp³-hybridized carbons (Fsp3) is 0.391. The van der Waals surface area contributed by atoms with Crippen molar-refractivity contribution in [3.8, 4) is 5.75 Å². The first-order valence-electron chi connectivity index (χ1n) is 10.9. The third-order valence-electron chi connectivity index (χ3n) is 6.21. The van der Waals surface area contributed by atoms with Crippen molar-refractivity contribution < 1.29 is 14.3 Å². The van der Waals surface area contributed by atoms with Gasteiger partial charge in [0.15, 0.2) is 0 Å². The number of H-pyrrole nitrogens is 1. The zero-order valence-corrected chi connectivity index (χ0v) is 19.7. The van der Waals surface area contributed by atoms with E-state index < -0.39 is 0 Å². The van der Waals surface area contributed by atoms with Crippen LogP contribution in [0.25, 0.3) is 21.1 Å². The zero-order chi connectivity index (χ0) is 22.9. The minimum absolute atomic E-state index is 0.0135. The van der Waals surface area contributed by atoms with E-state index in [9.17, 15) is 4.79 Å². The molecule has 1 unspecified atom stereocenters. The molecule has 172 valence electrons. The summed E-state index contributed by atoms with van der Waals surface area (Å²) < 4.78 is 10.7. The Balaban J connectivity index is 1.45. The van der Waals surface area contributed by atoms with E-state index in [1.807, 2.05) is 19.2 Å². The number of carbonyl (C=O) groups is 1. The molecule has 3 aromatic heterocycles. The van der Waals surface area contributed by atoms with E-state index in [2.05, 4.69) is 25.5 Å². The number of benzene rings is 1. The van der Waals surface area contributed by atoms with Gasteiger partial charge in [0.05, 0.1) is 36.5 Å². The number of hydrogen-bond donors (Lipinski definition) is 2. The lowest BCUT2D eigenvalue weighted by molar-refractivity contribution is -0.135. The topological polar surface area (TPSA) is 105 Å². The molecule has 0 saturated carbocycles. The second-order valence-corrected chi connectivity index (χ2v) is 9.32. The van der Waals surface area contributed by atoms with Crippen LogP contribution in [0, 0.1) is 5.92 Å². The Bertz CT molecular complexity index is 1320. The molecule has 5 rings (SSSR count). The largest absolute Gasteiger partial charge is 0.494 e. The lowest BCUT2D eigenvalue weighted by Gasteiger charge is -2.26. The summed E-state index contributed by atoms with van der Waals surface area (Å²) in [6.07, 6.45) is 5.73. The first-order chi connectivity index (χ1) is 16.1. The van der Waals surface area contributed by atoms with Gasteiger partial charge >= 0.3 is 0 Å². The van der Waals surface area contributed by atoms with Crippen molar-refractivity contribution in [3.05, 3.63) is 35.1 Å². The second kappa shape index (κ2) is 8.95. The van der Waals surface area contributed by atoms with E-state index in [0.717, 1.165) is 51.9 Å². The van der Waals surface area contributed by atoms with Gasteiger partial charge in [-0.05, 0) is 30.9 Å². The molecule has 0 bridgehead atoms. The van der Waals surface area contributed by atoms with Crippen molar-refractivity contribution in [2.24, 2.45) is 5.92 Å². The molecule has 0 spiro atoms. The number of thiophene rings is 1. The average Bonchev–Trinajstić information content (AvgIpc) is 3.45. The van der Waals surface area contributed by atoms with Crippen LogP contribution in [0.4, 0.5) is 11.5 Å². The summed E-state index contributed by atoms with van der Waals surface area (Å²) in [5.74, 6) is 1.62. The summed E-state index contributed by atoms with van der Waals surface area (Å²) in [6.45, 7) is 1.15. The number of ether oxygens (including phenoxy) is 2. The SMILES string of the molecule is COCCN(C)C(=O)C1CCc2c(sc3ncnc(Nc4cc5cn[nH]c5cc4OC)c23)C1. The second-order valence-electron chi connectivity index (χ2n) is 8.23. The number of nitrogens with zero attached hydrogens (tertiary/aromatic N) is 4. The van der Waals surface area contributed by atoms with Gasteiger partial charge in [0.25, 0.3) is 0 Å². The van der Waals surface area contributed by atoms with E-state index in [4.69, 9.17) is 9.47 Å². The van der Waals surface area contributed by atoms with Gasteiger partial charge < -0.3 is 19.7 Å². The standard InChI is InChI=1S/C23H26N6O3S/c1-29(6-7-31-2)23(30)13-4-5-15-19(9-13)33-22-20(15)21(24-12-25-22)27-17-8-14-11-26-28-16(14)10-18(17)32-3/h8,10-13H,4-7,9H2,1-3H3,(H,26,28)(H,24,25,27). The molecule has 9 nitrogen and oxygen atoms in total. The summed E-state index contributed by atoms with van der Waals surface area (Å²) in [6, 6.07) is 3.91. The number of anilines is 2. The third-order valence-corrected chi connectivity index (χ3v) is 7.38. The number of methoxy groups -OCH3 is 2. The Morgan fingerprint density at radius 3 is 3.03 bits per heavy atom. The molecule has 1 aliphatic carbocycles. The minimum atomic E-state index is -0.0135. The van der Waals surface area contributed by atoms with Gasteiger partial charge in [0, 0.05) is 42.9 Å². The fourth-order valence-electron chi connectivity index (χ4n) is 4.43. The summed E-state index contributed by atoms with van der Waals surface area (Å²) in [4.78, 5) is 25.9. The summed E-state index contributed by atoms with van der Waals surface area (Å²) >= 11 is 1.66. The first kappa shape index (κ1) is 21.6. The molecule has 3 heterocycles. The zero-order valence-electron chi connectivity index (χ0n) is 18.8. The molecular weight excluding hydrogens is 440 g/mol. The van der Waals surface area contributed by atoms with Crippen LogP contribution in [-0.2, 0) is 22.4 Å². The molecule has 1 amide bonds. The van der Waals surface area contributed by atoms with Gasteiger partial charge in [-0.15, -0.1) is 11.3 Å². The molecule has 33 heavy (non-hydrogen) atoms. The highest BCUT2D eigenvalue weighted by Gasteiger charge is 2.30. The number of amides is 1. The van der Waals surface area contributed by atoms with Crippen LogP contribution in [0.3, 0.4) is 0 Å². The van der Waals surface area contributed by atoms with E-state index >= 15 is 0 Å². The Morgan fingerprint density at radius 2 is 2.21 bits per heavy atom. The van der Waals surface area contributed by atoms with Crippen LogP contribution in [0.15, 0.2) is 24.7 Å². The van der Waals surface area contributed by atoms with Crippen molar-refractivity contribution in [1.82, 2.24) is 25.1 Å². The maximum absolute atomic E-state index is 12.9. The fourth-order valence-corrected chi connectivity index (χ4v) is 5.70. The van der Waals surface area contributed by atoms with Crippen molar-refractivity contribution in [1.29, 1.82) is 0 Å². The molecule has 1 aliphatic rings. The smallest absolute Gasteiger partial charge is 0.225 e. The number of fused-ring (bicyclic) bond motifs is 4. The number of rotatable bonds is 7. The number of aromatic nitrogens is 4. The summed E-state index contributed by atoms with van der Waals surface area (Å²) in [5, 5.41) is 12.5. The van der Waals surface area contributed by atoms with E-state index in [1.165, 1.54) is 10.4 Å². The molecule has 1 atom stereocenters. The van der Waals surface area contributed by atoms with Crippen LogP contribution in [0.2, 0.25) is 0 Å². The molecule has 0 radical (unpaired) electrons. The normalized spacial score (nSPS) is 15.5. The maximum Gasteiger partial charge on any atom is 0.225 e. The Labute approximate surface area is 195 Å². The predicted octanol–water partition coefficient (Wildman–Crippen LogP) is 3.53. The molecule has 10 heteroatoms. The molecule has 0 fully saturated rings. The number of aromatic amines is 1. The average molecular weight is 467 g/mol. The monoisotopic (exact) mass is 466 g/mol.